The normalized spacial score (nSPS) is 11.5. The number of aromatic nitrogens is 3. The van der Waals surface area contributed by atoms with Gasteiger partial charge in [-0.25, -0.2) is 14.5 Å². The van der Waals surface area contributed by atoms with Gasteiger partial charge < -0.3 is 10.1 Å². The molecule has 1 atom stereocenters. The highest BCUT2D eigenvalue weighted by molar-refractivity contribution is 5.89. The first kappa shape index (κ1) is 19.0. The Bertz CT molecular complexity index is 911. The molecule has 0 bridgehead atoms. The predicted octanol–water partition coefficient (Wildman–Crippen LogP) is 2.78. The van der Waals surface area contributed by atoms with Crippen LogP contribution in [0, 0.1) is 0 Å². The largest absolute Gasteiger partial charge is 0.447 e. The van der Waals surface area contributed by atoms with Crippen LogP contribution in [0.25, 0.3) is 17.1 Å². The molecule has 3 aromatic rings. The van der Waals surface area contributed by atoms with Crippen LogP contribution in [-0.4, -0.2) is 39.3 Å². The number of hydrogen-bond donors (Lipinski definition) is 1. The minimum Gasteiger partial charge on any atom is -0.447 e. The third kappa shape index (κ3) is 4.32. The highest BCUT2D eigenvalue weighted by Crippen LogP contribution is 2.21. The van der Waals surface area contributed by atoms with E-state index < -0.39 is 18.0 Å². The number of carbonyl (C=O) groups excluding carboxylic acids is 2. The maximum absolute atomic E-state index is 12.5. The molecule has 0 spiro atoms. The van der Waals surface area contributed by atoms with Crippen molar-refractivity contribution in [1.29, 1.82) is 0 Å². The molecule has 0 aliphatic rings. The Morgan fingerprint density at radius 3 is 2.43 bits per heavy atom. The molecule has 7 nitrogen and oxygen atoms in total. The first-order valence-electron chi connectivity index (χ1n) is 8.77. The zero-order chi connectivity index (χ0) is 19.9. The molecule has 0 radical (unpaired) electrons. The summed E-state index contributed by atoms with van der Waals surface area (Å²) in [4.78, 5) is 28.8. The molecular formula is C21H20N4O3. The SMILES string of the molecule is C=CCNC(=O)[C@H](C)OC(=O)c1nc(-c2ccccc2)n(-c2ccccc2)n1. The summed E-state index contributed by atoms with van der Waals surface area (Å²) in [5, 5.41) is 6.89. The molecule has 7 heteroatoms. The van der Waals surface area contributed by atoms with Crippen molar-refractivity contribution in [2.75, 3.05) is 6.54 Å². The summed E-state index contributed by atoms with van der Waals surface area (Å²) >= 11 is 0. The average Bonchev–Trinajstić information content (AvgIpc) is 3.19. The van der Waals surface area contributed by atoms with Crippen molar-refractivity contribution in [3.63, 3.8) is 0 Å². The second-order valence-electron chi connectivity index (χ2n) is 5.95. The van der Waals surface area contributed by atoms with Crippen molar-refractivity contribution in [2.24, 2.45) is 0 Å². The molecule has 0 aliphatic carbocycles. The third-order valence-electron chi connectivity index (χ3n) is 3.90. The lowest BCUT2D eigenvalue weighted by Crippen LogP contribution is -2.36. The van der Waals surface area contributed by atoms with E-state index in [9.17, 15) is 9.59 Å². The number of nitrogens with one attached hydrogen (secondary N) is 1. The Balaban J connectivity index is 1.90. The molecule has 3 rings (SSSR count). The molecule has 0 unspecified atom stereocenters. The monoisotopic (exact) mass is 376 g/mol. The number of amides is 1. The van der Waals surface area contributed by atoms with Gasteiger partial charge in [0.1, 0.15) is 0 Å². The minimum absolute atomic E-state index is 0.119. The summed E-state index contributed by atoms with van der Waals surface area (Å²) in [6, 6.07) is 18.8. The van der Waals surface area contributed by atoms with Crippen LogP contribution in [0.4, 0.5) is 0 Å². The van der Waals surface area contributed by atoms with Gasteiger partial charge in [-0.15, -0.1) is 11.7 Å². The Morgan fingerprint density at radius 2 is 1.79 bits per heavy atom. The maximum Gasteiger partial charge on any atom is 0.379 e. The van der Waals surface area contributed by atoms with Gasteiger partial charge in [0.2, 0.25) is 0 Å². The van der Waals surface area contributed by atoms with E-state index in [1.807, 2.05) is 60.7 Å². The van der Waals surface area contributed by atoms with E-state index in [0.717, 1.165) is 11.3 Å². The summed E-state index contributed by atoms with van der Waals surface area (Å²) in [6.07, 6.45) is 0.568. The van der Waals surface area contributed by atoms with Crippen LogP contribution in [0.3, 0.4) is 0 Å². The summed E-state index contributed by atoms with van der Waals surface area (Å²) in [7, 11) is 0. The summed E-state index contributed by atoms with van der Waals surface area (Å²) < 4.78 is 6.79. The first-order valence-corrected chi connectivity index (χ1v) is 8.77. The predicted molar refractivity (Wildman–Crippen MR) is 105 cm³/mol. The van der Waals surface area contributed by atoms with E-state index in [4.69, 9.17) is 4.74 Å². The molecular weight excluding hydrogens is 356 g/mol. The van der Waals surface area contributed by atoms with Gasteiger partial charge in [0.05, 0.1) is 5.69 Å². The van der Waals surface area contributed by atoms with E-state index in [1.165, 1.54) is 6.92 Å². The molecule has 142 valence electrons. The van der Waals surface area contributed by atoms with E-state index >= 15 is 0 Å². The van der Waals surface area contributed by atoms with Gasteiger partial charge in [0.15, 0.2) is 11.9 Å². The molecule has 0 saturated heterocycles. The lowest BCUT2D eigenvalue weighted by molar-refractivity contribution is -0.128. The Morgan fingerprint density at radius 1 is 1.14 bits per heavy atom. The number of esters is 1. The highest BCUT2D eigenvalue weighted by Gasteiger charge is 2.24. The molecule has 0 saturated carbocycles. The van der Waals surface area contributed by atoms with Gasteiger partial charge in [-0.3, -0.25) is 4.79 Å². The molecule has 1 N–H and O–H groups in total. The van der Waals surface area contributed by atoms with Crippen molar-refractivity contribution in [3.8, 4) is 17.1 Å². The van der Waals surface area contributed by atoms with Gasteiger partial charge in [-0.2, -0.15) is 0 Å². The third-order valence-corrected chi connectivity index (χ3v) is 3.90. The van der Waals surface area contributed by atoms with Crippen LogP contribution in [0.1, 0.15) is 17.5 Å². The quantitative estimate of drug-likeness (QED) is 0.506. The second kappa shape index (κ2) is 8.77. The van der Waals surface area contributed by atoms with E-state index in [1.54, 1.807) is 10.8 Å². The molecule has 28 heavy (non-hydrogen) atoms. The van der Waals surface area contributed by atoms with Gasteiger partial charge in [0, 0.05) is 12.1 Å². The van der Waals surface area contributed by atoms with Crippen molar-refractivity contribution in [2.45, 2.75) is 13.0 Å². The molecule has 0 aliphatic heterocycles. The Labute approximate surface area is 162 Å². The van der Waals surface area contributed by atoms with Crippen LogP contribution >= 0.6 is 0 Å². The average molecular weight is 376 g/mol. The number of hydrogen-bond acceptors (Lipinski definition) is 5. The minimum atomic E-state index is -0.976. The summed E-state index contributed by atoms with van der Waals surface area (Å²) in [6.45, 7) is 5.31. The van der Waals surface area contributed by atoms with Crippen molar-refractivity contribution >= 4 is 11.9 Å². The summed E-state index contributed by atoms with van der Waals surface area (Å²) in [5.41, 5.74) is 1.55. The number of carbonyl (C=O) groups is 2. The lowest BCUT2D eigenvalue weighted by Gasteiger charge is -2.11. The highest BCUT2D eigenvalue weighted by atomic mass is 16.5. The molecule has 2 aromatic carbocycles. The van der Waals surface area contributed by atoms with Crippen molar-refractivity contribution in [1.82, 2.24) is 20.1 Å². The zero-order valence-electron chi connectivity index (χ0n) is 15.4. The number of para-hydroxylation sites is 1. The van der Waals surface area contributed by atoms with Crippen molar-refractivity contribution in [3.05, 3.63) is 79.1 Å². The van der Waals surface area contributed by atoms with E-state index in [0.29, 0.717) is 12.4 Å². The van der Waals surface area contributed by atoms with Crippen LogP contribution in [0.15, 0.2) is 73.3 Å². The van der Waals surface area contributed by atoms with Crippen LogP contribution in [0.2, 0.25) is 0 Å². The topological polar surface area (TPSA) is 86.1 Å². The second-order valence-corrected chi connectivity index (χ2v) is 5.95. The van der Waals surface area contributed by atoms with E-state index in [2.05, 4.69) is 22.0 Å². The van der Waals surface area contributed by atoms with Crippen LogP contribution < -0.4 is 5.32 Å². The fourth-order valence-electron chi connectivity index (χ4n) is 2.51. The molecule has 1 aromatic heterocycles. The lowest BCUT2D eigenvalue weighted by atomic mass is 10.2. The number of nitrogens with zero attached hydrogens (tertiary/aromatic N) is 3. The standard InChI is InChI=1S/C21H20N4O3/c1-3-14-22-20(26)15(2)28-21(27)18-23-19(16-10-6-4-7-11-16)25(24-18)17-12-8-5-9-13-17/h3-13,15H,1,14H2,2H3,(H,22,26)/t15-/m0/s1. The van der Waals surface area contributed by atoms with Gasteiger partial charge in [0.25, 0.3) is 11.7 Å². The van der Waals surface area contributed by atoms with Crippen molar-refractivity contribution < 1.29 is 14.3 Å². The molecule has 0 fully saturated rings. The number of benzene rings is 2. The number of ether oxygens (including phenoxy) is 1. The van der Waals surface area contributed by atoms with Crippen LogP contribution in [0.5, 0.6) is 0 Å². The summed E-state index contributed by atoms with van der Waals surface area (Å²) in [5.74, 6) is -0.805. The smallest absolute Gasteiger partial charge is 0.379 e. The van der Waals surface area contributed by atoms with Crippen LogP contribution in [-0.2, 0) is 9.53 Å². The zero-order valence-corrected chi connectivity index (χ0v) is 15.4. The number of rotatable bonds is 7. The fraction of sp³-hybridized carbons (Fsp3) is 0.143. The van der Waals surface area contributed by atoms with Gasteiger partial charge >= 0.3 is 5.97 Å². The first-order chi connectivity index (χ1) is 13.6. The maximum atomic E-state index is 12.5. The molecule has 1 amide bonds. The fourth-order valence-corrected chi connectivity index (χ4v) is 2.51. The van der Waals surface area contributed by atoms with E-state index in [-0.39, 0.29) is 5.82 Å². The molecule has 1 heterocycles. The van der Waals surface area contributed by atoms with Gasteiger partial charge in [-0.1, -0.05) is 54.6 Å². The van der Waals surface area contributed by atoms with Gasteiger partial charge in [-0.05, 0) is 19.1 Å². The Kier molecular flexibility index (Phi) is 5.96. The Hall–Kier alpha value is -3.74.